The van der Waals surface area contributed by atoms with E-state index in [2.05, 4.69) is 0 Å². The Hall–Kier alpha value is -3.91. The molecular weight excluding hydrogens is 430 g/mol. The first-order valence-electron chi connectivity index (χ1n) is 9.82. The number of carbonyl (C=O) groups is 2. The number of hydrogen-bond acceptors (Lipinski definition) is 6. The number of aromatic nitrogens is 1. The van der Waals surface area contributed by atoms with Crippen LogP contribution < -0.4 is 4.74 Å². The second-order valence-electron chi connectivity index (χ2n) is 6.81. The number of ether oxygens (including phenoxy) is 2. The van der Waals surface area contributed by atoms with Crippen molar-refractivity contribution in [2.75, 3.05) is 6.61 Å². The average Bonchev–Trinajstić information content (AvgIpc) is 3.20. The maximum Gasteiger partial charge on any atom is 0.343 e. The lowest BCUT2D eigenvalue weighted by Crippen LogP contribution is -2.12. The van der Waals surface area contributed by atoms with E-state index in [0.717, 1.165) is 3.97 Å². The molecule has 0 spiro atoms. The zero-order valence-corrected chi connectivity index (χ0v) is 17.9. The van der Waals surface area contributed by atoms with Gasteiger partial charge >= 0.3 is 11.9 Å². The molecule has 0 radical (unpaired) electrons. The van der Waals surface area contributed by atoms with Gasteiger partial charge in [0, 0.05) is 17.6 Å². The van der Waals surface area contributed by atoms with Gasteiger partial charge in [-0.25, -0.2) is 22.0 Å². The highest BCUT2D eigenvalue weighted by Gasteiger charge is 2.25. The van der Waals surface area contributed by atoms with Gasteiger partial charge < -0.3 is 9.47 Å². The Balaban J connectivity index is 1.84. The summed E-state index contributed by atoms with van der Waals surface area (Å²) in [6.45, 7) is 1.81. The first-order valence-corrected chi connectivity index (χ1v) is 11.3. The molecule has 162 valence electrons. The Kier molecular flexibility index (Phi) is 5.79. The third-order valence-electron chi connectivity index (χ3n) is 4.76. The van der Waals surface area contributed by atoms with E-state index in [0.29, 0.717) is 10.9 Å². The van der Waals surface area contributed by atoms with Gasteiger partial charge in [0.15, 0.2) is 0 Å². The molecule has 1 aromatic heterocycles. The summed E-state index contributed by atoms with van der Waals surface area (Å²) in [6, 6.07) is 20.7. The normalized spacial score (nSPS) is 11.3. The summed E-state index contributed by atoms with van der Waals surface area (Å²) < 4.78 is 38.1. The van der Waals surface area contributed by atoms with Crippen LogP contribution in [0.5, 0.6) is 5.75 Å². The van der Waals surface area contributed by atoms with Crippen LogP contribution in [0.15, 0.2) is 90.0 Å². The zero-order chi connectivity index (χ0) is 22.7. The second kappa shape index (κ2) is 8.68. The van der Waals surface area contributed by atoms with Crippen molar-refractivity contribution in [1.29, 1.82) is 0 Å². The summed E-state index contributed by atoms with van der Waals surface area (Å²) in [5.74, 6) is -1.09. The monoisotopic (exact) mass is 449 g/mol. The Morgan fingerprint density at radius 3 is 2.19 bits per heavy atom. The fourth-order valence-corrected chi connectivity index (χ4v) is 4.64. The molecule has 0 fully saturated rings. The van der Waals surface area contributed by atoms with Gasteiger partial charge in [-0.15, -0.1) is 0 Å². The van der Waals surface area contributed by atoms with Crippen molar-refractivity contribution in [3.05, 3.63) is 96.2 Å². The van der Waals surface area contributed by atoms with Crippen molar-refractivity contribution >= 4 is 32.9 Å². The van der Waals surface area contributed by atoms with Gasteiger partial charge in [-0.2, -0.15) is 0 Å². The number of hydrogen-bond donors (Lipinski definition) is 0. The van der Waals surface area contributed by atoms with Crippen molar-refractivity contribution in [2.45, 2.75) is 11.8 Å². The minimum atomic E-state index is -4.02. The first-order chi connectivity index (χ1) is 15.4. The predicted octanol–water partition coefficient (Wildman–Crippen LogP) is 4.27. The van der Waals surface area contributed by atoms with Crippen molar-refractivity contribution in [3.63, 3.8) is 0 Å². The molecule has 0 atom stereocenters. The first kappa shape index (κ1) is 21.3. The van der Waals surface area contributed by atoms with E-state index in [9.17, 15) is 18.0 Å². The molecule has 0 bridgehead atoms. The molecular formula is C24H19NO6S. The van der Waals surface area contributed by atoms with Gasteiger partial charge in [0.2, 0.25) is 0 Å². The van der Waals surface area contributed by atoms with E-state index in [1.54, 1.807) is 55.5 Å². The van der Waals surface area contributed by atoms with E-state index in [4.69, 9.17) is 9.47 Å². The summed E-state index contributed by atoms with van der Waals surface area (Å²) in [6.07, 6.45) is 1.23. The van der Waals surface area contributed by atoms with E-state index < -0.39 is 22.0 Å². The largest absolute Gasteiger partial charge is 0.462 e. The molecule has 0 aliphatic rings. The minimum Gasteiger partial charge on any atom is -0.462 e. The fourth-order valence-electron chi connectivity index (χ4n) is 3.26. The predicted molar refractivity (Wildman–Crippen MR) is 118 cm³/mol. The van der Waals surface area contributed by atoms with Crippen LogP contribution in [0.3, 0.4) is 0 Å². The van der Waals surface area contributed by atoms with Crippen LogP contribution in [0.25, 0.3) is 10.9 Å². The van der Waals surface area contributed by atoms with Crippen LogP contribution in [0.1, 0.15) is 27.6 Å². The van der Waals surface area contributed by atoms with Crippen molar-refractivity contribution in [1.82, 2.24) is 3.97 Å². The highest BCUT2D eigenvalue weighted by atomic mass is 32.2. The van der Waals surface area contributed by atoms with Crippen LogP contribution in [0.4, 0.5) is 0 Å². The Labute approximate surface area is 184 Å². The fraction of sp³-hybridized carbons (Fsp3) is 0.0833. The van der Waals surface area contributed by atoms with Crippen LogP contribution >= 0.6 is 0 Å². The van der Waals surface area contributed by atoms with Gasteiger partial charge in [0.1, 0.15) is 5.75 Å². The van der Waals surface area contributed by atoms with Gasteiger partial charge in [-0.05, 0) is 43.3 Å². The van der Waals surface area contributed by atoms with Crippen molar-refractivity contribution in [3.8, 4) is 5.75 Å². The summed E-state index contributed by atoms with van der Waals surface area (Å²) >= 11 is 0. The molecule has 0 unspecified atom stereocenters. The van der Waals surface area contributed by atoms with Crippen LogP contribution in [-0.4, -0.2) is 30.9 Å². The summed E-state index contributed by atoms with van der Waals surface area (Å²) in [5, 5.41) is 0.363. The molecule has 0 N–H and O–H groups in total. The molecule has 7 nitrogen and oxygen atoms in total. The third kappa shape index (κ3) is 4.00. The maximum atomic E-state index is 13.3. The number of benzene rings is 3. The van der Waals surface area contributed by atoms with E-state index in [1.165, 1.54) is 36.5 Å². The van der Waals surface area contributed by atoms with E-state index in [1.807, 2.05) is 0 Å². The highest BCUT2D eigenvalue weighted by molar-refractivity contribution is 7.90. The number of rotatable bonds is 6. The quantitative estimate of drug-likeness (QED) is 0.322. The van der Waals surface area contributed by atoms with E-state index in [-0.39, 0.29) is 28.3 Å². The molecule has 32 heavy (non-hydrogen) atoms. The second-order valence-corrected chi connectivity index (χ2v) is 8.63. The van der Waals surface area contributed by atoms with Crippen molar-refractivity contribution < 1.29 is 27.5 Å². The number of nitrogens with zero attached hydrogens (tertiary/aromatic N) is 1. The number of carbonyl (C=O) groups excluding carboxylic acids is 2. The summed E-state index contributed by atoms with van der Waals surface area (Å²) in [4.78, 5) is 25.0. The average molecular weight is 449 g/mol. The van der Waals surface area contributed by atoms with E-state index >= 15 is 0 Å². The Bertz CT molecular complexity index is 1390. The lowest BCUT2D eigenvalue weighted by molar-refractivity contribution is 0.0528. The van der Waals surface area contributed by atoms with Gasteiger partial charge in [-0.1, -0.05) is 36.4 Å². The zero-order valence-electron chi connectivity index (χ0n) is 17.1. The molecule has 4 rings (SSSR count). The molecule has 8 heteroatoms. The summed E-state index contributed by atoms with van der Waals surface area (Å²) in [5.41, 5.74) is 0.643. The molecule has 0 aliphatic heterocycles. The number of fused-ring (bicyclic) bond motifs is 1. The van der Waals surface area contributed by atoms with Crippen LogP contribution in [0, 0.1) is 0 Å². The molecule has 0 saturated heterocycles. The Morgan fingerprint density at radius 2 is 1.53 bits per heavy atom. The third-order valence-corrected chi connectivity index (χ3v) is 6.45. The molecule has 4 aromatic rings. The molecule has 1 heterocycles. The molecule has 0 amide bonds. The topological polar surface area (TPSA) is 91.7 Å². The lowest BCUT2D eigenvalue weighted by Gasteiger charge is -2.09. The van der Waals surface area contributed by atoms with Crippen molar-refractivity contribution in [2.24, 2.45) is 0 Å². The SMILES string of the molecule is CCOC(=O)c1cn(S(=O)(=O)c2ccccc2)c2cc(OC(=O)c3ccccc3)ccc12. The van der Waals surface area contributed by atoms with Gasteiger partial charge in [-0.3, -0.25) is 0 Å². The van der Waals surface area contributed by atoms with Gasteiger partial charge in [0.25, 0.3) is 10.0 Å². The number of esters is 2. The summed E-state index contributed by atoms with van der Waals surface area (Å²) in [7, 11) is -4.02. The maximum absolute atomic E-state index is 13.3. The van der Waals surface area contributed by atoms with Crippen LogP contribution in [-0.2, 0) is 14.8 Å². The minimum absolute atomic E-state index is 0.0546. The Morgan fingerprint density at radius 1 is 0.875 bits per heavy atom. The molecule has 3 aromatic carbocycles. The molecule has 0 aliphatic carbocycles. The van der Waals surface area contributed by atoms with Gasteiger partial charge in [0.05, 0.1) is 28.1 Å². The molecule has 0 saturated carbocycles. The standard InChI is InChI=1S/C24H19NO6S/c1-2-30-24(27)21-16-25(32(28,29)19-11-7-4-8-12-19)22-15-18(13-14-20(21)22)31-23(26)17-9-5-3-6-10-17/h3-16H,2H2,1H3. The lowest BCUT2D eigenvalue weighted by atomic mass is 10.1. The smallest absolute Gasteiger partial charge is 0.343 e. The van der Waals surface area contributed by atoms with Crippen LogP contribution in [0.2, 0.25) is 0 Å². The highest BCUT2D eigenvalue weighted by Crippen LogP contribution is 2.30.